The number of urea groups is 1. The molecular formula is C14H20N2O3. The van der Waals surface area contributed by atoms with E-state index in [1.54, 1.807) is 12.1 Å². The third kappa shape index (κ3) is 4.71. The second-order valence-corrected chi connectivity index (χ2v) is 4.69. The standard InChI is InChI=1S/C13H16O2.CH4N2O/c14-12(11-7-3-1-4-8-11)13(15)9-5-2-6-10-13;2-1(3)4/h1,3-4,7-8,15H,2,5-6,9-10H2;(H4,2,3,4). The lowest BCUT2D eigenvalue weighted by molar-refractivity contribution is 0.0116. The average molecular weight is 264 g/mol. The average Bonchev–Trinajstić information content (AvgIpc) is 2.39. The maximum Gasteiger partial charge on any atom is 0.309 e. The number of amides is 2. The molecule has 0 bridgehead atoms. The van der Waals surface area contributed by atoms with Crippen molar-refractivity contribution in [3.05, 3.63) is 35.9 Å². The molecule has 0 radical (unpaired) electrons. The molecule has 1 saturated carbocycles. The largest absolute Gasteiger partial charge is 0.382 e. The number of carbonyl (C=O) groups excluding carboxylic acids is 2. The van der Waals surface area contributed by atoms with Crippen molar-refractivity contribution in [2.24, 2.45) is 11.5 Å². The lowest BCUT2D eigenvalue weighted by Crippen LogP contribution is -2.40. The predicted octanol–water partition coefficient (Wildman–Crippen LogP) is 1.59. The molecule has 0 heterocycles. The van der Waals surface area contributed by atoms with Crippen molar-refractivity contribution in [2.45, 2.75) is 37.7 Å². The molecule has 1 aliphatic carbocycles. The summed E-state index contributed by atoms with van der Waals surface area (Å²) in [7, 11) is 0. The van der Waals surface area contributed by atoms with E-state index in [1.165, 1.54) is 0 Å². The van der Waals surface area contributed by atoms with Crippen LogP contribution in [0.5, 0.6) is 0 Å². The van der Waals surface area contributed by atoms with Gasteiger partial charge in [0.2, 0.25) is 0 Å². The Morgan fingerprint density at radius 1 is 1.00 bits per heavy atom. The maximum atomic E-state index is 12.1. The van der Waals surface area contributed by atoms with Crippen molar-refractivity contribution in [1.29, 1.82) is 0 Å². The van der Waals surface area contributed by atoms with E-state index in [0.717, 1.165) is 19.3 Å². The van der Waals surface area contributed by atoms with Gasteiger partial charge in [-0.25, -0.2) is 4.79 Å². The minimum atomic E-state index is -1.10. The molecule has 0 saturated heterocycles. The SMILES string of the molecule is NC(N)=O.O=C(c1ccccc1)C1(O)CCCCC1. The monoisotopic (exact) mass is 264 g/mol. The van der Waals surface area contributed by atoms with E-state index in [9.17, 15) is 9.90 Å². The van der Waals surface area contributed by atoms with Crippen molar-refractivity contribution >= 4 is 11.8 Å². The molecule has 1 aromatic rings. The highest BCUT2D eigenvalue weighted by Crippen LogP contribution is 2.30. The van der Waals surface area contributed by atoms with Crippen molar-refractivity contribution in [3.63, 3.8) is 0 Å². The van der Waals surface area contributed by atoms with Crippen LogP contribution in [0.3, 0.4) is 0 Å². The lowest BCUT2D eigenvalue weighted by atomic mass is 9.79. The highest BCUT2D eigenvalue weighted by molar-refractivity contribution is 6.02. The molecule has 2 amide bonds. The zero-order valence-corrected chi connectivity index (χ0v) is 10.8. The molecule has 0 unspecified atom stereocenters. The van der Waals surface area contributed by atoms with Crippen molar-refractivity contribution in [1.82, 2.24) is 0 Å². The first-order valence-corrected chi connectivity index (χ1v) is 6.33. The van der Waals surface area contributed by atoms with Gasteiger partial charge in [0.1, 0.15) is 5.60 Å². The summed E-state index contributed by atoms with van der Waals surface area (Å²) in [4.78, 5) is 21.1. The molecule has 0 aromatic heterocycles. The number of aliphatic hydroxyl groups is 1. The highest BCUT2D eigenvalue weighted by Gasteiger charge is 2.37. The van der Waals surface area contributed by atoms with E-state index < -0.39 is 11.6 Å². The van der Waals surface area contributed by atoms with E-state index in [1.807, 2.05) is 18.2 Å². The number of hydrogen-bond donors (Lipinski definition) is 3. The normalized spacial score (nSPS) is 16.9. The van der Waals surface area contributed by atoms with Gasteiger partial charge in [0, 0.05) is 5.56 Å². The quantitative estimate of drug-likeness (QED) is 0.706. The topological polar surface area (TPSA) is 106 Å². The Bertz CT molecular complexity index is 422. The van der Waals surface area contributed by atoms with Gasteiger partial charge in [-0.2, -0.15) is 0 Å². The summed E-state index contributed by atoms with van der Waals surface area (Å²) < 4.78 is 0. The fourth-order valence-corrected chi connectivity index (χ4v) is 2.22. The van der Waals surface area contributed by atoms with Gasteiger partial charge in [0.05, 0.1) is 0 Å². The van der Waals surface area contributed by atoms with Gasteiger partial charge in [-0.1, -0.05) is 49.6 Å². The minimum Gasteiger partial charge on any atom is -0.382 e. The van der Waals surface area contributed by atoms with Crippen LogP contribution in [-0.4, -0.2) is 22.5 Å². The van der Waals surface area contributed by atoms with E-state index >= 15 is 0 Å². The Morgan fingerprint density at radius 3 is 1.95 bits per heavy atom. The predicted molar refractivity (Wildman–Crippen MR) is 72.6 cm³/mol. The van der Waals surface area contributed by atoms with Gasteiger partial charge in [0.25, 0.3) is 0 Å². The number of carbonyl (C=O) groups is 2. The first-order valence-electron chi connectivity index (χ1n) is 6.33. The lowest BCUT2D eigenvalue weighted by Gasteiger charge is -2.30. The number of primary amides is 2. The van der Waals surface area contributed by atoms with Gasteiger partial charge in [-0.15, -0.1) is 0 Å². The Labute approximate surface area is 112 Å². The molecule has 1 aliphatic rings. The number of hydrogen-bond acceptors (Lipinski definition) is 3. The fraction of sp³-hybridized carbons (Fsp3) is 0.429. The fourth-order valence-electron chi connectivity index (χ4n) is 2.22. The Morgan fingerprint density at radius 2 is 1.47 bits per heavy atom. The smallest absolute Gasteiger partial charge is 0.309 e. The molecule has 104 valence electrons. The van der Waals surface area contributed by atoms with Crippen LogP contribution in [0.15, 0.2) is 30.3 Å². The van der Waals surface area contributed by atoms with Crippen molar-refractivity contribution in [3.8, 4) is 0 Å². The van der Waals surface area contributed by atoms with Crippen LogP contribution in [0.25, 0.3) is 0 Å². The number of ketones is 1. The summed E-state index contributed by atoms with van der Waals surface area (Å²) in [6, 6.07) is 8.25. The Kier molecular flexibility index (Phi) is 5.51. The third-order valence-corrected chi connectivity index (χ3v) is 3.14. The van der Waals surface area contributed by atoms with Gasteiger partial charge in [0.15, 0.2) is 5.78 Å². The second-order valence-electron chi connectivity index (χ2n) is 4.69. The van der Waals surface area contributed by atoms with Crippen LogP contribution < -0.4 is 11.5 Å². The molecule has 1 fully saturated rings. The summed E-state index contributed by atoms with van der Waals surface area (Å²) in [6.07, 6.45) is 4.26. The first kappa shape index (κ1) is 15.2. The van der Waals surface area contributed by atoms with Crippen LogP contribution in [0, 0.1) is 0 Å². The molecule has 5 N–H and O–H groups in total. The molecule has 5 nitrogen and oxygen atoms in total. The van der Waals surface area contributed by atoms with Gasteiger partial charge in [-0.3, -0.25) is 4.79 Å². The van der Waals surface area contributed by atoms with Gasteiger partial charge < -0.3 is 16.6 Å². The number of benzene rings is 1. The van der Waals surface area contributed by atoms with E-state index in [-0.39, 0.29) is 5.78 Å². The molecule has 1 aromatic carbocycles. The zero-order valence-electron chi connectivity index (χ0n) is 10.8. The van der Waals surface area contributed by atoms with Gasteiger partial charge in [-0.05, 0) is 12.8 Å². The van der Waals surface area contributed by atoms with E-state index in [0.29, 0.717) is 18.4 Å². The molecule has 0 spiro atoms. The number of rotatable bonds is 2. The molecular weight excluding hydrogens is 244 g/mol. The first-order chi connectivity index (χ1) is 8.96. The van der Waals surface area contributed by atoms with Crippen LogP contribution in [0.4, 0.5) is 4.79 Å². The third-order valence-electron chi connectivity index (χ3n) is 3.14. The van der Waals surface area contributed by atoms with Crippen molar-refractivity contribution in [2.75, 3.05) is 0 Å². The summed E-state index contributed by atoms with van der Waals surface area (Å²) in [5.74, 6) is -0.109. The molecule has 2 rings (SSSR count). The summed E-state index contributed by atoms with van der Waals surface area (Å²) in [6.45, 7) is 0. The van der Waals surface area contributed by atoms with E-state index in [2.05, 4.69) is 11.5 Å². The Balaban J connectivity index is 0.000000399. The Hall–Kier alpha value is -1.88. The number of Topliss-reactive ketones (excluding diaryl/α,β-unsaturated/α-hetero) is 1. The van der Waals surface area contributed by atoms with Crippen LogP contribution in [-0.2, 0) is 0 Å². The second kappa shape index (κ2) is 6.89. The zero-order chi connectivity index (χ0) is 14.3. The van der Waals surface area contributed by atoms with Crippen LogP contribution in [0.2, 0.25) is 0 Å². The minimum absolute atomic E-state index is 0.109. The molecule has 0 atom stereocenters. The van der Waals surface area contributed by atoms with Crippen LogP contribution in [0.1, 0.15) is 42.5 Å². The van der Waals surface area contributed by atoms with Crippen LogP contribution >= 0.6 is 0 Å². The maximum absolute atomic E-state index is 12.1. The molecule has 19 heavy (non-hydrogen) atoms. The molecule has 0 aliphatic heterocycles. The number of nitrogens with two attached hydrogens (primary N) is 2. The van der Waals surface area contributed by atoms with E-state index in [4.69, 9.17) is 4.79 Å². The summed E-state index contributed by atoms with van der Waals surface area (Å²) in [5, 5.41) is 10.2. The van der Waals surface area contributed by atoms with Crippen molar-refractivity contribution < 1.29 is 14.7 Å². The summed E-state index contributed by atoms with van der Waals surface area (Å²) >= 11 is 0. The highest BCUT2D eigenvalue weighted by atomic mass is 16.3. The summed E-state index contributed by atoms with van der Waals surface area (Å²) in [5.41, 5.74) is 8.03. The molecule has 5 heteroatoms. The van der Waals surface area contributed by atoms with Gasteiger partial charge >= 0.3 is 6.03 Å².